The quantitative estimate of drug-likeness (QED) is 0.208. The first-order chi connectivity index (χ1) is 22.8. The lowest BCUT2D eigenvalue weighted by molar-refractivity contribution is 0.0661. The first kappa shape index (κ1) is 30.9. The van der Waals surface area contributed by atoms with Crippen molar-refractivity contribution in [3.63, 3.8) is 0 Å². The molecular formula is C37H35F3N4O3. The van der Waals surface area contributed by atoms with Gasteiger partial charge in [0.2, 0.25) is 0 Å². The second kappa shape index (κ2) is 12.8. The number of rotatable bonds is 8. The van der Waals surface area contributed by atoms with Gasteiger partial charge in [0.25, 0.3) is 5.91 Å². The van der Waals surface area contributed by atoms with Crippen molar-refractivity contribution in [2.45, 2.75) is 56.9 Å². The van der Waals surface area contributed by atoms with Gasteiger partial charge in [0.05, 0.1) is 11.3 Å². The van der Waals surface area contributed by atoms with E-state index in [9.17, 15) is 22.8 Å². The molecule has 2 aliphatic carbocycles. The molecule has 3 aromatic carbocycles. The maximum Gasteiger partial charge on any atom is 0.407 e. The molecule has 1 saturated carbocycles. The highest BCUT2D eigenvalue weighted by atomic mass is 19.2. The molecule has 1 aromatic heterocycles. The van der Waals surface area contributed by atoms with Gasteiger partial charge in [0, 0.05) is 43.2 Å². The fourth-order valence-electron chi connectivity index (χ4n) is 6.99. The number of likely N-dealkylation sites (tertiary alicyclic amines) is 1. The van der Waals surface area contributed by atoms with Gasteiger partial charge < -0.3 is 15.0 Å². The lowest BCUT2D eigenvalue weighted by atomic mass is 9.85. The Morgan fingerprint density at radius 1 is 0.915 bits per heavy atom. The highest BCUT2D eigenvalue weighted by Crippen LogP contribution is 2.44. The van der Waals surface area contributed by atoms with E-state index < -0.39 is 29.6 Å². The van der Waals surface area contributed by atoms with Gasteiger partial charge in [0.1, 0.15) is 18.2 Å². The van der Waals surface area contributed by atoms with Gasteiger partial charge in [-0.1, -0.05) is 48.5 Å². The van der Waals surface area contributed by atoms with Crippen molar-refractivity contribution in [1.29, 1.82) is 0 Å². The summed E-state index contributed by atoms with van der Waals surface area (Å²) in [4.78, 5) is 37.4. The maximum absolute atomic E-state index is 14.8. The first-order valence-corrected chi connectivity index (χ1v) is 16.1. The van der Waals surface area contributed by atoms with Crippen LogP contribution < -0.4 is 5.32 Å². The Hall–Kier alpha value is -4.73. The molecule has 7 rings (SSSR count). The van der Waals surface area contributed by atoms with Gasteiger partial charge in [-0.3, -0.25) is 4.79 Å². The Balaban J connectivity index is 1.05. The predicted octanol–water partition coefficient (Wildman–Crippen LogP) is 7.08. The van der Waals surface area contributed by atoms with Crippen LogP contribution in [0, 0.1) is 30.3 Å². The van der Waals surface area contributed by atoms with E-state index >= 15 is 0 Å². The zero-order chi connectivity index (χ0) is 32.7. The number of piperidine rings is 1. The molecule has 0 bridgehead atoms. The summed E-state index contributed by atoms with van der Waals surface area (Å²) in [6, 6.07) is 16.7. The summed E-state index contributed by atoms with van der Waals surface area (Å²) in [5.74, 6) is -2.64. The van der Waals surface area contributed by atoms with Crippen LogP contribution in [0.1, 0.15) is 76.1 Å². The third kappa shape index (κ3) is 6.33. The van der Waals surface area contributed by atoms with Gasteiger partial charge in [0.15, 0.2) is 11.6 Å². The van der Waals surface area contributed by atoms with Crippen LogP contribution in [0.15, 0.2) is 66.9 Å². The summed E-state index contributed by atoms with van der Waals surface area (Å²) in [6.07, 6.45) is 4.01. The highest BCUT2D eigenvalue weighted by molar-refractivity contribution is 5.95. The molecule has 1 saturated heterocycles. The third-order valence-electron chi connectivity index (χ3n) is 9.74. The van der Waals surface area contributed by atoms with Crippen molar-refractivity contribution in [2.75, 3.05) is 19.7 Å². The number of ether oxygens (including phenoxy) is 1. The Morgan fingerprint density at radius 3 is 2.19 bits per heavy atom. The molecule has 1 atom stereocenters. The highest BCUT2D eigenvalue weighted by Gasteiger charge is 2.34. The predicted molar refractivity (Wildman–Crippen MR) is 169 cm³/mol. The van der Waals surface area contributed by atoms with Crippen LogP contribution >= 0.6 is 0 Å². The van der Waals surface area contributed by atoms with E-state index in [1.807, 2.05) is 43.3 Å². The monoisotopic (exact) mass is 640 g/mol. The van der Waals surface area contributed by atoms with Crippen molar-refractivity contribution >= 4 is 12.0 Å². The molecule has 10 heteroatoms. The van der Waals surface area contributed by atoms with Gasteiger partial charge >= 0.3 is 6.09 Å². The molecule has 7 nitrogen and oxygen atoms in total. The van der Waals surface area contributed by atoms with Crippen molar-refractivity contribution in [3.05, 3.63) is 118 Å². The molecular weight excluding hydrogens is 605 g/mol. The molecule has 1 aliphatic heterocycles. The van der Waals surface area contributed by atoms with Crippen LogP contribution in [0.3, 0.4) is 0 Å². The lowest BCUT2D eigenvalue weighted by Crippen LogP contribution is -2.48. The number of carbonyl (C=O) groups excluding carboxylic acids is 2. The summed E-state index contributed by atoms with van der Waals surface area (Å²) in [7, 11) is 0. The van der Waals surface area contributed by atoms with Crippen molar-refractivity contribution in [1.82, 2.24) is 20.2 Å². The molecule has 242 valence electrons. The number of nitrogens with one attached hydrogen (secondary N) is 1. The molecule has 2 heterocycles. The second-order valence-electron chi connectivity index (χ2n) is 12.8. The molecule has 47 heavy (non-hydrogen) atoms. The smallest absolute Gasteiger partial charge is 0.407 e. The molecule has 0 spiro atoms. The normalized spacial score (nSPS) is 16.8. The molecule has 0 radical (unpaired) electrons. The number of aromatic nitrogens is 2. The minimum atomic E-state index is -1.27. The van der Waals surface area contributed by atoms with E-state index in [-0.39, 0.29) is 36.3 Å². The SMILES string of the molecule is Cc1nc(C2CC2)ncc1C(=O)N1CCC([C@@H](Cc2cc(F)c(F)cc2F)NC(=O)OCC2c3ccccc3-c3ccccc32)CC1. The zero-order valence-electron chi connectivity index (χ0n) is 26.0. The molecule has 2 amide bonds. The van der Waals surface area contributed by atoms with Crippen LogP contribution in [0.5, 0.6) is 0 Å². The number of amides is 2. The number of aryl methyl sites for hydroxylation is 1. The van der Waals surface area contributed by atoms with E-state index in [1.165, 1.54) is 0 Å². The molecule has 3 aliphatic rings. The number of nitrogens with zero attached hydrogens (tertiary/aromatic N) is 3. The van der Waals surface area contributed by atoms with E-state index in [2.05, 4.69) is 27.4 Å². The van der Waals surface area contributed by atoms with E-state index in [4.69, 9.17) is 4.74 Å². The topological polar surface area (TPSA) is 84.4 Å². The van der Waals surface area contributed by atoms with E-state index in [0.29, 0.717) is 49.2 Å². The van der Waals surface area contributed by atoms with Crippen molar-refractivity contribution < 1.29 is 27.5 Å². The van der Waals surface area contributed by atoms with Gasteiger partial charge in [-0.05, 0) is 78.8 Å². The minimum Gasteiger partial charge on any atom is -0.449 e. The largest absolute Gasteiger partial charge is 0.449 e. The molecule has 2 fully saturated rings. The van der Waals surface area contributed by atoms with Crippen LogP contribution in [-0.4, -0.2) is 52.6 Å². The maximum atomic E-state index is 14.8. The molecule has 1 N–H and O–H groups in total. The number of carbonyl (C=O) groups is 2. The number of fused-ring (bicyclic) bond motifs is 3. The fourth-order valence-corrected chi connectivity index (χ4v) is 6.99. The first-order valence-electron chi connectivity index (χ1n) is 16.1. The molecule has 0 unspecified atom stereocenters. The van der Waals surface area contributed by atoms with Gasteiger partial charge in [-0.2, -0.15) is 0 Å². The zero-order valence-corrected chi connectivity index (χ0v) is 26.0. The van der Waals surface area contributed by atoms with Crippen LogP contribution in [0.2, 0.25) is 0 Å². The van der Waals surface area contributed by atoms with Crippen molar-refractivity contribution in [2.24, 2.45) is 5.92 Å². The summed E-state index contributed by atoms with van der Waals surface area (Å²) in [6.45, 7) is 2.71. The summed E-state index contributed by atoms with van der Waals surface area (Å²) < 4.78 is 48.4. The van der Waals surface area contributed by atoms with Gasteiger partial charge in [-0.15, -0.1) is 0 Å². The second-order valence-corrected chi connectivity index (χ2v) is 12.8. The molecule has 4 aromatic rings. The summed E-state index contributed by atoms with van der Waals surface area (Å²) in [5, 5.41) is 2.91. The van der Waals surface area contributed by atoms with Crippen LogP contribution in [-0.2, 0) is 11.2 Å². The fraction of sp³-hybridized carbons (Fsp3) is 0.351. The number of alkyl carbamates (subject to hydrolysis) is 1. The number of hydrogen-bond donors (Lipinski definition) is 1. The number of halogens is 3. The standard InChI is InChI=1S/C37H35F3N4O3/c1-21-29(19-41-35(42-21)23-10-11-23)36(45)44-14-12-22(13-15-44)34(17-24-16-32(39)33(40)18-31(24)38)43-37(46)47-20-30-27-8-4-2-6-25(27)26-7-3-5-9-28(26)30/h2-9,16,18-19,22-23,30,34H,10-15,17,20H2,1H3,(H,43,46)/t34-/m1/s1. The van der Waals surface area contributed by atoms with E-state index in [1.54, 1.807) is 11.1 Å². The lowest BCUT2D eigenvalue weighted by Gasteiger charge is -2.36. The third-order valence-corrected chi connectivity index (χ3v) is 9.74. The summed E-state index contributed by atoms with van der Waals surface area (Å²) >= 11 is 0. The van der Waals surface area contributed by atoms with Crippen molar-refractivity contribution in [3.8, 4) is 11.1 Å². The Morgan fingerprint density at radius 2 is 1.55 bits per heavy atom. The number of benzene rings is 3. The Labute approximate surface area is 271 Å². The number of hydrogen-bond acceptors (Lipinski definition) is 5. The Bertz CT molecular complexity index is 1790. The van der Waals surface area contributed by atoms with Crippen LogP contribution in [0.25, 0.3) is 11.1 Å². The minimum absolute atomic E-state index is 0.0464. The van der Waals surface area contributed by atoms with E-state index in [0.717, 1.165) is 47.0 Å². The summed E-state index contributed by atoms with van der Waals surface area (Å²) in [5.41, 5.74) is 5.41. The van der Waals surface area contributed by atoms with Crippen LogP contribution in [0.4, 0.5) is 18.0 Å². The Kier molecular flexibility index (Phi) is 8.42. The average Bonchev–Trinajstić information content (AvgIpc) is 3.88. The average molecular weight is 641 g/mol. The van der Waals surface area contributed by atoms with Gasteiger partial charge in [-0.25, -0.2) is 27.9 Å².